The van der Waals surface area contributed by atoms with Gasteiger partial charge in [-0.15, -0.1) is 0 Å². The number of fused-ring (bicyclic) bond motifs is 1. The van der Waals surface area contributed by atoms with Gasteiger partial charge in [0, 0.05) is 20.1 Å². The van der Waals surface area contributed by atoms with E-state index in [9.17, 15) is 9.59 Å². The normalized spacial score (nSPS) is 16.8. The topological polar surface area (TPSA) is 55.2 Å². The summed E-state index contributed by atoms with van der Waals surface area (Å²) in [6.45, 7) is 1.90. The van der Waals surface area contributed by atoms with Gasteiger partial charge in [-0.3, -0.25) is 14.2 Å². The summed E-state index contributed by atoms with van der Waals surface area (Å²) in [7, 11) is 3.62. The molecule has 1 aliphatic rings. The summed E-state index contributed by atoms with van der Waals surface area (Å²) in [6, 6.07) is 7.67. The molecule has 0 unspecified atom stereocenters. The van der Waals surface area contributed by atoms with Gasteiger partial charge < -0.3 is 4.90 Å². The lowest BCUT2D eigenvalue weighted by atomic mass is 9.94. The molecule has 1 saturated carbocycles. The first-order valence-electron chi connectivity index (χ1n) is 8.88. The third kappa shape index (κ3) is 3.73. The van der Waals surface area contributed by atoms with Crippen molar-refractivity contribution in [3.05, 3.63) is 34.6 Å². The largest absolute Gasteiger partial charge is 0.342 e. The second-order valence-corrected chi connectivity index (χ2v) is 8.08. The summed E-state index contributed by atoms with van der Waals surface area (Å²) in [5.74, 6) is 0.110. The molecule has 0 radical (unpaired) electrons. The van der Waals surface area contributed by atoms with Crippen molar-refractivity contribution in [2.75, 3.05) is 7.05 Å². The molecule has 5 nitrogen and oxygen atoms in total. The number of para-hydroxylation sites is 1. The molecule has 1 aromatic carbocycles. The third-order valence-corrected chi connectivity index (χ3v) is 6.17. The van der Waals surface area contributed by atoms with Gasteiger partial charge in [0.25, 0.3) is 5.56 Å². The first kappa shape index (κ1) is 18.0. The maximum absolute atomic E-state index is 12.8. The lowest BCUT2D eigenvalue weighted by Crippen LogP contribution is -2.42. The van der Waals surface area contributed by atoms with Gasteiger partial charge in [-0.05, 0) is 31.9 Å². The van der Waals surface area contributed by atoms with E-state index in [1.165, 1.54) is 35.6 Å². The molecule has 134 valence electrons. The van der Waals surface area contributed by atoms with Gasteiger partial charge in [-0.25, -0.2) is 4.98 Å². The number of benzene rings is 1. The number of nitrogens with zero attached hydrogens (tertiary/aromatic N) is 3. The molecule has 1 aliphatic carbocycles. The van der Waals surface area contributed by atoms with Crippen LogP contribution in [0.1, 0.15) is 39.0 Å². The summed E-state index contributed by atoms with van der Waals surface area (Å²) in [5.41, 5.74) is 0.599. The molecule has 3 rings (SSSR count). The highest BCUT2D eigenvalue weighted by Gasteiger charge is 2.27. The van der Waals surface area contributed by atoms with Crippen molar-refractivity contribution in [2.45, 2.75) is 55.5 Å². The van der Waals surface area contributed by atoms with Crippen LogP contribution in [0.3, 0.4) is 0 Å². The number of aromatic nitrogens is 2. The van der Waals surface area contributed by atoms with Crippen LogP contribution in [0.25, 0.3) is 10.9 Å². The Kier molecular flexibility index (Phi) is 5.47. The van der Waals surface area contributed by atoms with Crippen LogP contribution in [-0.4, -0.2) is 38.7 Å². The fraction of sp³-hybridized carbons (Fsp3) is 0.526. The van der Waals surface area contributed by atoms with Crippen LogP contribution in [0.4, 0.5) is 0 Å². The van der Waals surface area contributed by atoms with E-state index >= 15 is 0 Å². The number of rotatable bonds is 4. The summed E-state index contributed by atoms with van der Waals surface area (Å²) in [4.78, 5) is 31.8. The maximum Gasteiger partial charge on any atom is 0.261 e. The van der Waals surface area contributed by atoms with E-state index in [4.69, 9.17) is 0 Å². The molecule has 1 heterocycles. The third-order valence-electron chi connectivity index (χ3n) is 5.04. The number of carbonyl (C=O) groups excluding carboxylic acids is 1. The quantitative estimate of drug-likeness (QED) is 0.621. The van der Waals surface area contributed by atoms with Gasteiger partial charge in [0.15, 0.2) is 5.16 Å². The summed E-state index contributed by atoms with van der Waals surface area (Å²) < 4.78 is 1.54. The van der Waals surface area contributed by atoms with Gasteiger partial charge in [-0.2, -0.15) is 0 Å². The molecular formula is C19H25N3O2S. The molecule has 1 amide bonds. The lowest BCUT2D eigenvalue weighted by Gasteiger charge is -2.32. The fourth-order valence-electron chi connectivity index (χ4n) is 3.45. The Bertz CT molecular complexity index is 827. The average molecular weight is 359 g/mol. The fourth-order valence-corrected chi connectivity index (χ4v) is 4.42. The van der Waals surface area contributed by atoms with Gasteiger partial charge in [0.1, 0.15) is 0 Å². The monoisotopic (exact) mass is 359 g/mol. The minimum absolute atomic E-state index is 0.0756. The van der Waals surface area contributed by atoms with E-state index in [0.717, 1.165) is 12.8 Å². The molecule has 6 heteroatoms. The van der Waals surface area contributed by atoms with Crippen molar-refractivity contribution in [3.63, 3.8) is 0 Å². The summed E-state index contributed by atoms with van der Waals surface area (Å²) in [6.07, 6.45) is 5.85. The van der Waals surface area contributed by atoms with Crippen LogP contribution in [0, 0.1) is 0 Å². The Hall–Kier alpha value is -1.82. The van der Waals surface area contributed by atoms with Crippen molar-refractivity contribution in [1.29, 1.82) is 0 Å². The zero-order valence-electron chi connectivity index (χ0n) is 15.1. The number of thioether (sulfide) groups is 1. The van der Waals surface area contributed by atoms with Gasteiger partial charge in [0.2, 0.25) is 5.91 Å². The van der Waals surface area contributed by atoms with Crippen LogP contribution >= 0.6 is 11.8 Å². The van der Waals surface area contributed by atoms with Crippen molar-refractivity contribution in [3.8, 4) is 0 Å². The smallest absolute Gasteiger partial charge is 0.261 e. The SMILES string of the molecule is C[C@H](Sc1nc2ccccc2c(=O)n1C)C(=O)N(C)C1CCCCC1. The number of hydrogen-bond acceptors (Lipinski definition) is 4. The highest BCUT2D eigenvalue weighted by Crippen LogP contribution is 2.26. The molecule has 1 atom stereocenters. The van der Waals surface area contributed by atoms with E-state index < -0.39 is 0 Å². The van der Waals surface area contributed by atoms with Crippen molar-refractivity contribution in [2.24, 2.45) is 7.05 Å². The number of amides is 1. The van der Waals surface area contributed by atoms with Gasteiger partial charge in [-0.1, -0.05) is 43.2 Å². The van der Waals surface area contributed by atoms with E-state index in [1.54, 1.807) is 13.1 Å². The Morgan fingerprint density at radius 1 is 1.28 bits per heavy atom. The summed E-state index contributed by atoms with van der Waals surface area (Å²) >= 11 is 1.36. The van der Waals surface area contributed by atoms with Crippen molar-refractivity contribution in [1.82, 2.24) is 14.5 Å². The molecule has 0 N–H and O–H groups in total. The number of hydrogen-bond donors (Lipinski definition) is 0. The van der Waals surface area contributed by atoms with Crippen molar-refractivity contribution < 1.29 is 4.79 Å². The van der Waals surface area contributed by atoms with E-state index in [1.807, 2.05) is 37.1 Å². The Morgan fingerprint density at radius 2 is 1.96 bits per heavy atom. The predicted octanol–water partition coefficient (Wildman–Crippen LogP) is 3.21. The molecule has 0 saturated heterocycles. The zero-order valence-corrected chi connectivity index (χ0v) is 15.9. The zero-order chi connectivity index (χ0) is 18.0. The minimum Gasteiger partial charge on any atom is -0.342 e. The molecule has 25 heavy (non-hydrogen) atoms. The maximum atomic E-state index is 12.8. The molecule has 0 bridgehead atoms. The first-order chi connectivity index (χ1) is 12.0. The van der Waals surface area contributed by atoms with E-state index in [-0.39, 0.29) is 16.7 Å². The second kappa shape index (κ2) is 7.60. The highest BCUT2D eigenvalue weighted by molar-refractivity contribution is 8.00. The van der Waals surface area contributed by atoms with E-state index in [2.05, 4.69) is 4.98 Å². The van der Waals surface area contributed by atoms with Gasteiger partial charge in [0.05, 0.1) is 16.2 Å². The first-order valence-corrected chi connectivity index (χ1v) is 9.76. The van der Waals surface area contributed by atoms with Crippen LogP contribution in [0.15, 0.2) is 34.2 Å². The number of carbonyl (C=O) groups is 1. The van der Waals surface area contributed by atoms with Crippen LogP contribution in [0.5, 0.6) is 0 Å². The van der Waals surface area contributed by atoms with Crippen LogP contribution < -0.4 is 5.56 Å². The van der Waals surface area contributed by atoms with Crippen molar-refractivity contribution >= 4 is 28.6 Å². The minimum atomic E-state index is -0.272. The standard InChI is InChI=1S/C19H25N3O2S/c1-13(17(23)21(2)14-9-5-4-6-10-14)25-19-20-16-12-8-7-11-15(16)18(24)22(19)3/h7-8,11-14H,4-6,9-10H2,1-3H3/t13-/m0/s1. The second-order valence-electron chi connectivity index (χ2n) is 6.78. The Labute approximate surface area is 152 Å². The lowest BCUT2D eigenvalue weighted by molar-refractivity contribution is -0.131. The molecule has 0 aliphatic heterocycles. The Morgan fingerprint density at radius 3 is 2.68 bits per heavy atom. The Balaban J connectivity index is 1.79. The highest BCUT2D eigenvalue weighted by atomic mass is 32.2. The van der Waals surface area contributed by atoms with Crippen LogP contribution in [0.2, 0.25) is 0 Å². The molecule has 1 aromatic heterocycles. The molecule has 2 aromatic rings. The van der Waals surface area contributed by atoms with Crippen LogP contribution in [-0.2, 0) is 11.8 Å². The molecule has 0 spiro atoms. The van der Waals surface area contributed by atoms with Gasteiger partial charge >= 0.3 is 0 Å². The molecule has 1 fully saturated rings. The predicted molar refractivity (Wildman–Crippen MR) is 102 cm³/mol. The average Bonchev–Trinajstić information content (AvgIpc) is 2.65. The summed E-state index contributed by atoms with van der Waals surface area (Å²) in [5, 5.41) is 0.917. The van der Waals surface area contributed by atoms with E-state index in [0.29, 0.717) is 22.1 Å². The molecular weight excluding hydrogens is 334 g/mol.